The fraction of sp³-hybridized carbons (Fsp3) is 0.750. The van der Waals surface area contributed by atoms with Crippen LogP contribution < -0.4 is 0 Å². The van der Waals surface area contributed by atoms with Crippen molar-refractivity contribution in [2.75, 3.05) is 6.61 Å². The predicted molar refractivity (Wildman–Crippen MR) is 82.1 cm³/mol. The van der Waals surface area contributed by atoms with Gasteiger partial charge in [0.1, 0.15) is 10.8 Å². The fourth-order valence-corrected chi connectivity index (χ4v) is 3.05. The summed E-state index contributed by atoms with van der Waals surface area (Å²) in [6.45, 7) is 11.3. The van der Waals surface area contributed by atoms with Crippen LogP contribution in [-0.4, -0.2) is 16.6 Å². The quantitative estimate of drug-likeness (QED) is 0.766. The van der Waals surface area contributed by atoms with Crippen LogP contribution >= 0.6 is 11.6 Å². The smallest absolute Gasteiger partial charge is 0.162 e. The van der Waals surface area contributed by atoms with E-state index in [1.807, 2.05) is 20.8 Å². The van der Waals surface area contributed by atoms with Crippen molar-refractivity contribution in [2.45, 2.75) is 65.9 Å². The van der Waals surface area contributed by atoms with Gasteiger partial charge in [-0.05, 0) is 51.9 Å². The van der Waals surface area contributed by atoms with E-state index in [1.165, 1.54) is 0 Å². The molecule has 112 valence electrons. The third kappa shape index (κ3) is 2.99. The summed E-state index contributed by atoms with van der Waals surface area (Å²) in [5.41, 5.74) is 1.93. The Balaban J connectivity index is 2.39. The molecule has 0 atom stereocenters. The fourth-order valence-electron chi connectivity index (χ4n) is 2.84. The minimum Gasteiger partial charge on any atom is -0.367 e. The second-order valence-electron chi connectivity index (χ2n) is 6.64. The van der Waals surface area contributed by atoms with Crippen LogP contribution in [0.2, 0.25) is 5.15 Å². The highest BCUT2D eigenvalue weighted by Crippen LogP contribution is 2.46. The Labute approximate surface area is 127 Å². The van der Waals surface area contributed by atoms with Crippen LogP contribution in [0.15, 0.2) is 0 Å². The molecule has 20 heavy (non-hydrogen) atoms. The van der Waals surface area contributed by atoms with Crippen LogP contribution in [-0.2, 0) is 10.3 Å². The third-order valence-corrected chi connectivity index (χ3v) is 4.94. The van der Waals surface area contributed by atoms with Gasteiger partial charge in [-0.3, -0.25) is 0 Å². The van der Waals surface area contributed by atoms with Gasteiger partial charge < -0.3 is 4.74 Å². The van der Waals surface area contributed by atoms with Crippen molar-refractivity contribution in [3.05, 3.63) is 22.2 Å². The van der Waals surface area contributed by atoms with E-state index in [9.17, 15) is 0 Å². The molecule has 1 heterocycles. The summed E-state index contributed by atoms with van der Waals surface area (Å²) in [6, 6.07) is 0. The average molecular weight is 297 g/mol. The van der Waals surface area contributed by atoms with Crippen LogP contribution in [0.25, 0.3) is 0 Å². The molecule has 0 unspecified atom stereocenters. The Bertz CT molecular complexity index is 466. The van der Waals surface area contributed by atoms with Gasteiger partial charge in [-0.2, -0.15) is 0 Å². The molecule has 0 aromatic carbocycles. The first-order valence-corrected chi connectivity index (χ1v) is 7.83. The third-order valence-electron chi connectivity index (χ3n) is 4.57. The van der Waals surface area contributed by atoms with Crippen molar-refractivity contribution in [3.63, 3.8) is 0 Å². The molecule has 0 aliphatic heterocycles. The molecule has 1 aliphatic rings. The molecule has 1 aliphatic carbocycles. The van der Waals surface area contributed by atoms with Crippen molar-refractivity contribution < 1.29 is 4.74 Å². The summed E-state index contributed by atoms with van der Waals surface area (Å²) in [5.74, 6) is 0.767. The minimum absolute atomic E-state index is 0.355. The summed E-state index contributed by atoms with van der Waals surface area (Å²) < 4.78 is 6.12. The molecular formula is C16H25ClN2O. The molecule has 0 N–H and O–H groups in total. The summed E-state index contributed by atoms with van der Waals surface area (Å²) in [6.07, 6.45) is 4.18. The first-order valence-electron chi connectivity index (χ1n) is 7.45. The SMILES string of the molecule is CCOC1(c2nc(C)c(C)c(Cl)n2)CCC(C)(C)CC1. The lowest BCUT2D eigenvalue weighted by Gasteiger charge is -2.42. The number of hydrogen-bond acceptors (Lipinski definition) is 3. The van der Waals surface area contributed by atoms with E-state index < -0.39 is 0 Å². The van der Waals surface area contributed by atoms with Gasteiger partial charge in [-0.15, -0.1) is 0 Å². The Morgan fingerprint density at radius 3 is 2.20 bits per heavy atom. The largest absolute Gasteiger partial charge is 0.367 e. The van der Waals surface area contributed by atoms with E-state index in [4.69, 9.17) is 16.3 Å². The molecular weight excluding hydrogens is 272 g/mol. The van der Waals surface area contributed by atoms with E-state index >= 15 is 0 Å². The normalized spacial score (nSPS) is 20.9. The average Bonchev–Trinajstić information content (AvgIpc) is 2.38. The number of ether oxygens (including phenoxy) is 1. The number of nitrogens with zero attached hydrogens (tertiary/aromatic N) is 2. The zero-order chi connectivity index (χ0) is 15.0. The Hall–Kier alpha value is -0.670. The van der Waals surface area contributed by atoms with E-state index in [0.29, 0.717) is 17.2 Å². The molecule has 4 heteroatoms. The van der Waals surface area contributed by atoms with Crippen LogP contribution in [0, 0.1) is 19.3 Å². The Morgan fingerprint density at radius 1 is 1.10 bits per heavy atom. The van der Waals surface area contributed by atoms with Gasteiger partial charge in [0.2, 0.25) is 0 Å². The van der Waals surface area contributed by atoms with E-state index in [1.54, 1.807) is 0 Å². The standard InChI is InChI=1S/C16H25ClN2O/c1-6-20-16(9-7-15(4,5)8-10-16)14-18-12(3)11(2)13(17)19-14/h6-10H2,1-5H3. The van der Waals surface area contributed by atoms with E-state index in [-0.39, 0.29) is 5.60 Å². The maximum Gasteiger partial charge on any atom is 0.162 e. The second-order valence-corrected chi connectivity index (χ2v) is 7.00. The Kier molecular flexibility index (Phi) is 4.41. The van der Waals surface area contributed by atoms with Gasteiger partial charge >= 0.3 is 0 Å². The number of hydrogen-bond donors (Lipinski definition) is 0. The molecule has 0 radical (unpaired) electrons. The number of rotatable bonds is 3. The summed E-state index contributed by atoms with van der Waals surface area (Å²) in [4.78, 5) is 9.20. The van der Waals surface area contributed by atoms with Crippen LogP contribution in [0.4, 0.5) is 0 Å². The van der Waals surface area contributed by atoms with Gasteiger partial charge in [0.15, 0.2) is 5.82 Å². The van der Waals surface area contributed by atoms with Crippen molar-refractivity contribution >= 4 is 11.6 Å². The second kappa shape index (κ2) is 5.61. The first-order chi connectivity index (χ1) is 9.30. The zero-order valence-corrected chi connectivity index (χ0v) is 14.0. The molecule has 1 aromatic heterocycles. The Morgan fingerprint density at radius 2 is 1.70 bits per heavy atom. The van der Waals surface area contributed by atoms with Crippen LogP contribution in [0.3, 0.4) is 0 Å². The summed E-state index contributed by atoms with van der Waals surface area (Å²) in [7, 11) is 0. The molecule has 1 fully saturated rings. The predicted octanol–water partition coefficient (Wildman–Crippen LogP) is 4.58. The molecule has 1 aromatic rings. The molecule has 0 bridgehead atoms. The van der Waals surface area contributed by atoms with Crippen molar-refractivity contribution in [3.8, 4) is 0 Å². The maximum absolute atomic E-state index is 6.25. The molecule has 0 amide bonds. The summed E-state index contributed by atoms with van der Waals surface area (Å²) >= 11 is 6.25. The van der Waals surface area contributed by atoms with Crippen molar-refractivity contribution in [1.82, 2.24) is 9.97 Å². The lowest BCUT2D eigenvalue weighted by Crippen LogP contribution is -2.39. The zero-order valence-electron chi connectivity index (χ0n) is 13.2. The topological polar surface area (TPSA) is 35.0 Å². The van der Waals surface area contributed by atoms with E-state index in [2.05, 4.69) is 23.8 Å². The van der Waals surface area contributed by atoms with Gasteiger partial charge in [0.25, 0.3) is 0 Å². The lowest BCUT2D eigenvalue weighted by molar-refractivity contribution is -0.0948. The van der Waals surface area contributed by atoms with Gasteiger partial charge in [0, 0.05) is 17.9 Å². The van der Waals surface area contributed by atoms with Crippen molar-refractivity contribution in [1.29, 1.82) is 0 Å². The molecule has 1 saturated carbocycles. The number of halogens is 1. The molecule has 2 rings (SSSR count). The van der Waals surface area contributed by atoms with Gasteiger partial charge in [0.05, 0.1) is 0 Å². The highest BCUT2D eigenvalue weighted by atomic mass is 35.5. The molecule has 0 spiro atoms. The van der Waals surface area contributed by atoms with Crippen molar-refractivity contribution in [2.24, 2.45) is 5.41 Å². The van der Waals surface area contributed by atoms with Crippen LogP contribution in [0.1, 0.15) is 63.5 Å². The first kappa shape index (κ1) is 15.7. The van der Waals surface area contributed by atoms with E-state index in [0.717, 1.165) is 42.8 Å². The highest BCUT2D eigenvalue weighted by molar-refractivity contribution is 6.30. The van der Waals surface area contributed by atoms with Crippen LogP contribution in [0.5, 0.6) is 0 Å². The monoisotopic (exact) mass is 296 g/mol. The molecule has 3 nitrogen and oxygen atoms in total. The highest BCUT2D eigenvalue weighted by Gasteiger charge is 2.42. The van der Waals surface area contributed by atoms with Gasteiger partial charge in [-0.1, -0.05) is 25.4 Å². The summed E-state index contributed by atoms with van der Waals surface area (Å²) in [5, 5.41) is 0.552. The molecule has 0 saturated heterocycles. The lowest BCUT2D eigenvalue weighted by atomic mass is 9.70. The number of aryl methyl sites for hydroxylation is 1. The minimum atomic E-state index is -0.355. The van der Waals surface area contributed by atoms with Gasteiger partial charge in [-0.25, -0.2) is 9.97 Å². The number of aromatic nitrogens is 2. The maximum atomic E-state index is 6.25.